The summed E-state index contributed by atoms with van der Waals surface area (Å²) < 4.78 is 0. The van der Waals surface area contributed by atoms with E-state index < -0.39 is 0 Å². The van der Waals surface area contributed by atoms with Crippen molar-refractivity contribution in [1.82, 2.24) is 15.5 Å². The van der Waals surface area contributed by atoms with Gasteiger partial charge >= 0.3 is 6.03 Å². The molecule has 0 aromatic heterocycles. The van der Waals surface area contributed by atoms with Gasteiger partial charge in [0.2, 0.25) is 5.91 Å². The lowest BCUT2D eigenvalue weighted by atomic mass is 10.3. The fourth-order valence-corrected chi connectivity index (χ4v) is 2.05. The van der Waals surface area contributed by atoms with Crippen molar-refractivity contribution in [2.75, 3.05) is 25.0 Å². The SMILES string of the molecule is CC(=O)N1CCNCC1NC(=O)Nc1ccccc1. The van der Waals surface area contributed by atoms with Crippen molar-refractivity contribution in [3.63, 3.8) is 0 Å². The van der Waals surface area contributed by atoms with E-state index in [2.05, 4.69) is 16.0 Å². The molecule has 1 saturated heterocycles. The first-order valence-electron chi connectivity index (χ1n) is 6.27. The molecule has 102 valence electrons. The number of nitrogens with one attached hydrogen (secondary N) is 3. The summed E-state index contributed by atoms with van der Waals surface area (Å²) in [6.07, 6.45) is -0.310. The normalized spacial score (nSPS) is 18.8. The van der Waals surface area contributed by atoms with Gasteiger partial charge in [0.25, 0.3) is 0 Å². The van der Waals surface area contributed by atoms with Crippen LogP contribution in [0.2, 0.25) is 0 Å². The molecule has 0 saturated carbocycles. The summed E-state index contributed by atoms with van der Waals surface area (Å²) in [6, 6.07) is 8.87. The Morgan fingerprint density at radius 1 is 1.32 bits per heavy atom. The van der Waals surface area contributed by atoms with Crippen molar-refractivity contribution in [2.45, 2.75) is 13.1 Å². The largest absolute Gasteiger partial charge is 0.320 e. The molecule has 19 heavy (non-hydrogen) atoms. The molecule has 0 bridgehead atoms. The number of rotatable bonds is 2. The number of carbonyl (C=O) groups excluding carboxylic acids is 2. The second-order valence-corrected chi connectivity index (χ2v) is 4.40. The van der Waals surface area contributed by atoms with E-state index in [1.165, 1.54) is 6.92 Å². The van der Waals surface area contributed by atoms with E-state index in [0.717, 1.165) is 12.2 Å². The van der Waals surface area contributed by atoms with Crippen molar-refractivity contribution < 1.29 is 9.59 Å². The monoisotopic (exact) mass is 262 g/mol. The predicted octanol–water partition coefficient (Wildman–Crippen LogP) is 0.586. The molecule has 6 nitrogen and oxygen atoms in total. The van der Waals surface area contributed by atoms with Crippen molar-refractivity contribution in [2.24, 2.45) is 0 Å². The number of piperazine rings is 1. The first kappa shape index (κ1) is 13.4. The maximum atomic E-state index is 11.9. The van der Waals surface area contributed by atoms with Crippen LogP contribution >= 0.6 is 0 Å². The van der Waals surface area contributed by atoms with Crippen molar-refractivity contribution in [3.05, 3.63) is 30.3 Å². The van der Waals surface area contributed by atoms with Gasteiger partial charge in [0.15, 0.2) is 0 Å². The highest BCUT2D eigenvalue weighted by Crippen LogP contribution is 2.06. The number of urea groups is 1. The Balaban J connectivity index is 1.92. The fraction of sp³-hybridized carbons (Fsp3) is 0.385. The molecule has 1 fully saturated rings. The first-order chi connectivity index (χ1) is 9.16. The van der Waals surface area contributed by atoms with Crippen molar-refractivity contribution in [3.8, 4) is 0 Å². The van der Waals surface area contributed by atoms with Crippen LogP contribution < -0.4 is 16.0 Å². The zero-order chi connectivity index (χ0) is 13.7. The Kier molecular flexibility index (Phi) is 4.35. The number of hydrogen-bond acceptors (Lipinski definition) is 3. The second-order valence-electron chi connectivity index (χ2n) is 4.40. The molecule has 3 N–H and O–H groups in total. The summed E-state index contributed by atoms with van der Waals surface area (Å²) in [5.74, 6) is -0.0356. The number of amides is 3. The molecule has 1 aliphatic heterocycles. The molecule has 1 atom stereocenters. The summed E-state index contributed by atoms with van der Waals surface area (Å²) in [4.78, 5) is 25.0. The Morgan fingerprint density at radius 3 is 2.74 bits per heavy atom. The molecule has 1 aliphatic rings. The van der Waals surface area contributed by atoms with E-state index >= 15 is 0 Å². The van der Waals surface area contributed by atoms with Gasteiger partial charge in [0, 0.05) is 32.2 Å². The quantitative estimate of drug-likeness (QED) is 0.730. The number of hydrogen-bond donors (Lipinski definition) is 3. The molecule has 0 aliphatic carbocycles. The smallest absolute Gasteiger partial charge is 0.320 e. The number of carbonyl (C=O) groups is 2. The van der Waals surface area contributed by atoms with Gasteiger partial charge in [-0.25, -0.2) is 4.79 Å². The minimum Gasteiger partial charge on any atom is -0.320 e. The molecule has 1 unspecified atom stereocenters. The number of nitrogens with zero attached hydrogens (tertiary/aromatic N) is 1. The Hall–Kier alpha value is -2.08. The van der Waals surface area contributed by atoms with Crippen LogP contribution in [0.25, 0.3) is 0 Å². The maximum absolute atomic E-state index is 11.9. The Bertz CT molecular complexity index is 449. The van der Waals surface area contributed by atoms with Crippen LogP contribution in [0.4, 0.5) is 10.5 Å². The molecular formula is C13H18N4O2. The molecule has 1 aromatic carbocycles. The van der Waals surface area contributed by atoms with Crippen LogP contribution in [0.1, 0.15) is 6.92 Å². The summed E-state index contributed by atoms with van der Waals surface area (Å²) in [5, 5.41) is 8.68. The number of benzene rings is 1. The zero-order valence-corrected chi connectivity index (χ0v) is 10.8. The Labute approximate surface area is 112 Å². The topological polar surface area (TPSA) is 73.5 Å². The van der Waals surface area contributed by atoms with Crippen molar-refractivity contribution >= 4 is 17.6 Å². The molecule has 1 heterocycles. The van der Waals surface area contributed by atoms with E-state index in [1.807, 2.05) is 18.2 Å². The van der Waals surface area contributed by atoms with Gasteiger partial charge in [-0.1, -0.05) is 18.2 Å². The van der Waals surface area contributed by atoms with Gasteiger partial charge in [0.1, 0.15) is 6.17 Å². The van der Waals surface area contributed by atoms with Crippen LogP contribution in [0.15, 0.2) is 30.3 Å². The number of para-hydroxylation sites is 1. The van der Waals surface area contributed by atoms with Gasteiger partial charge in [-0.3, -0.25) is 4.79 Å². The zero-order valence-electron chi connectivity index (χ0n) is 10.8. The molecule has 0 radical (unpaired) electrons. The summed E-state index contributed by atoms with van der Waals surface area (Å²) in [7, 11) is 0. The average molecular weight is 262 g/mol. The minimum atomic E-state index is -0.314. The van der Waals surface area contributed by atoms with Crippen LogP contribution in [-0.2, 0) is 4.79 Å². The summed E-state index contributed by atoms with van der Waals surface area (Å²) in [6.45, 7) is 3.42. The number of anilines is 1. The predicted molar refractivity (Wildman–Crippen MR) is 72.6 cm³/mol. The van der Waals surface area contributed by atoms with E-state index in [1.54, 1.807) is 17.0 Å². The van der Waals surface area contributed by atoms with Crippen LogP contribution in [-0.4, -0.2) is 42.6 Å². The van der Waals surface area contributed by atoms with Crippen LogP contribution in [0.5, 0.6) is 0 Å². The average Bonchev–Trinajstić information content (AvgIpc) is 2.40. The molecule has 1 aromatic rings. The minimum absolute atomic E-state index is 0.0356. The third-order valence-electron chi connectivity index (χ3n) is 2.98. The van der Waals surface area contributed by atoms with Gasteiger partial charge < -0.3 is 20.9 Å². The third-order valence-corrected chi connectivity index (χ3v) is 2.98. The highest BCUT2D eigenvalue weighted by Gasteiger charge is 2.25. The lowest BCUT2D eigenvalue weighted by molar-refractivity contribution is -0.132. The molecular weight excluding hydrogens is 244 g/mol. The van der Waals surface area contributed by atoms with Crippen LogP contribution in [0.3, 0.4) is 0 Å². The molecule has 3 amide bonds. The van der Waals surface area contributed by atoms with Crippen molar-refractivity contribution in [1.29, 1.82) is 0 Å². The molecule has 6 heteroatoms. The summed E-state index contributed by atoms with van der Waals surface area (Å²) >= 11 is 0. The van der Waals surface area contributed by atoms with Gasteiger partial charge in [-0.2, -0.15) is 0 Å². The van der Waals surface area contributed by atoms with Crippen LogP contribution in [0, 0.1) is 0 Å². The van der Waals surface area contributed by atoms with Gasteiger partial charge in [-0.05, 0) is 12.1 Å². The summed E-state index contributed by atoms with van der Waals surface area (Å²) in [5.41, 5.74) is 0.721. The lowest BCUT2D eigenvalue weighted by Gasteiger charge is -2.35. The van der Waals surface area contributed by atoms with E-state index in [9.17, 15) is 9.59 Å². The maximum Gasteiger partial charge on any atom is 0.320 e. The standard InChI is InChI=1S/C13H18N4O2/c1-10(18)17-8-7-14-9-12(17)16-13(19)15-11-5-3-2-4-6-11/h2-6,12,14H,7-9H2,1H3,(H2,15,16,19). The Morgan fingerprint density at radius 2 is 2.05 bits per heavy atom. The second kappa shape index (κ2) is 6.19. The fourth-order valence-electron chi connectivity index (χ4n) is 2.05. The van der Waals surface area contributed by atoms with E-state index in [0.29, 0.717) is 13.1 Å². The third kappa shape index (κ3) is 3.69. The molecule has 0 spiro atoms. The lowest BCUT2D eigenvalue weighted by Crippen LogP contribution is -2.60. The highest BCUT2D eigenvalue weighted by atomic mass is 16.2. The molecule has 2 rings (SSSR count). The van der Waals surface area contributed by atoms with Gasteiger partial charge in [0.05, 0.1) is 0 Å². The highest BCUT2D eigenvalue weighted by molar-refractivity contribution is 5.89. The van der Waals surface area contributed by atoms with E-state index in [-0.39, 0.29) is 18.1 Å². The van der Waals surface area contributed by atoms with E-state index in [4.69, 9.17) is 0 Å². The first-order valence-corrected chi connectivity index (χ1v) is 6.27. The van der Waals surface area contributed by atoms with Gasteiger partial charge in [-0.15, -0.1) is 0 Å².